The molecular weight excluding hydrogens is 554 g/mol. The molecule has 1 aliphatic carbocycles. The van der Waals surface area contributed by atoms with E-state index in [1.807, 2.05) is 6.26 Å². The van der Waals surface area contributed by atoms with Crippen LogP contribution in [0.3, 0.4) is 0 Å². The van der Waals surface area contributed by atoms with Crippen LogP contribution in [0.4, 0.5) is 0 Å². The first-order valence-electron chi connectivity index (χ1n) is 14.2. The van der Waals surface area contributed by atoms with Crippen LogP contribution in [-0.2, 0) is 43.0 Å². The number of rotatable bonds is 23. The molecule has 0 saturated heterocycles. The molecule has 0 bridgehead atoms. The third-order valence-corrected chi connectivity index (χ3v) is 7.62. The van der Waals surface area contributed by atoms with E-state index in [0.29, 0.717) is 97.7 Å². The molecule has 0 aromatic rings. The first kappa shape index (κ1) is 34.6. The number of ether oxygens (including phenoxy) is 3. The van der Waals surface area contributed by atoms with Crippen LogP contribution < -0.4 is 10.6 Å². The van der Waals surface area contributed by atoms with Crippen LogP contribution in [0, 0.1) is 5.92 Å². The van der Waals surface area contributed by atoms with Crippen molar-refractivity contribution in [1.82, 2.24) is 15.5 Å². The van der Waals surface area contributed by atoms with Gasteiger partial charge in [0, 0.05) is 64.3 Å². The molecule has 12 nitrogen and oxygen atoms in total. The van der Waals surface area contributed by atoms with Gasteiger partial charge < -0.3 is 24.8 Å². The minimum atomic E-state index is -0.477. The number of hydrogen-bond acceptors (Lipinski definition) is 10. The van der Waals surface area contributed by atoms with Crippen LogP contribution in [0.15, 0.2) is 12.2 Å². The number of hydrogen-bond donors (Lipinski definition) is 2. The van der Waals surface area contributed by atoms with E-state index in [9.17, 15) is 28.8 Å². The second-order valence-corrected chi connectivity index (χ2v) is 10.8. The Morgan fingerprint density at radius 2 is 1.34 bits per heavy atom. The normalized spacial score (nSPS) is 18.5. The molecule has 41 heavy (non-hydrogen) atoms. The number of Topliss-reactive ketones (excluding diaryl/α,β-unsaturated/α-hetero) is 2. The zero-order valence-corrected chi connectivity index (χ0v) is 24.7. The Morgan fingerprint density at radius 1 is 0.805 bits per heavy atom. The topological polar surface area (TPSA) is 157 Å². The van der Waals surface area contributed by atoms with Crippen molar-refractivity contribution < 1.29 is 43.0 Å². The van der Waals surface area contributed by atoms with Gasteiger partial charge in [-0.2, -0.15) is 11.8 Å². The van der Waals surface area contributed by atoms with E-state index in [0.717, 1.165) is 4.90 Å². The van der Waals surface area contributed by atoms with Crippen LogP contribution in [-0.4, -0.2) is 111 Å². The number of carbonyl (C=O) groups excluding carboxylic acids is 6. The highest BCUT2D eigenvalue weighted by Crippen LogP contribution is 2.30. The number of nitrogens with zero attached hydrogens (tertiary/aromatic N) is 1. The monoisotopic (exact) mass is 597 g/mol. The van der Waals surface area contributed by atoms with E-state index in [1.165, 1.54) is 23.9 Å². The number of thioether (sulfide) groups is 1. The van der Waals surface area contributed by atoms with Gasteiger partial charge in [0.2, 0.25) is 11.8 Å². The van der Waals surface area contributed by atoms with Crippen molar-refractivity contribution in [2.45, 2.75) is 56.6 Å². The van der Waals surface area contributed by atoms with E-state index in [1.54, 1.807) is 0 Å². The van der Waals surface area contributed by atoms with Crippen LogP contribution in [0.25, 0.3) is 0 Å². The highest BCUT2D eigenvalue weighted by atomic mass is 32.2. The van der Waals surface area contributed by atoms with Crippen LogP contribution >= 0.6 is 11.8 Å². The minimum Gasteiger partial charge on any atom is -0.379 e. The Balaban J connectivity index is 1.28. The fourth-order valence-electron chi connectivity index (χ4n) is 4.33. The first-order chi connectivity index (χ1) is 19.8. The fraction of sp³-hybridized carbons (Fsp3) is 0.714. The van der Waals surface area contributed by atoms with Gasteiger partial charge in [-0.1, -0.05) is 6.42 Å². The Hall–Kier alpha value is -2.61. The maximum Gasteiger partial charge on any atom is 0.253 e. The zero-order valence-electron chi connectivity index (χ0n) is 23.9. The molecule has 0 radical (unpaired) electrons. The summed E-state index contributed by atoms with van der Waals surface area (Å²) in [6, 6.07) is 0. The minimum absolute atomic E-state index is 0.0348. The molecule has 1 saturated carbocycles. The van der Waals surface area contributed by atoms with Gasteiger partial charge in [-0.05, 0) is 31.9 Å². The zero-order chi connectivity index (χ0) is 29.9. The van der Waals surface area contributed by atoms with Gasteiger partial charge in [-0.15, -0.1) is 0 Å². The molecule has 2 N–H and O–H groups in total. The van der Waals surface area contributed by atoms with Crippen LogP contribution in [0.2, 0.25) is 0 Å². The number of imide groups is 1. The highest BCUT2D eigenvalue weighted by molar-refractivity contribution is 8.00. The van der Waals surface area contributed by atoms with Gasteiger partial charge in [-0.3, -0.25) is 33.7 Å². The molecule has 1 aliphatic heterocycles. The van der Waals surface area contributed by atoms with Gasteiger partial charge in [0.1, 0.15) is 5.78 Å². The molecule has 2 aliphatic rings. The lowest BCUT2D eigenvalue weighted by molar-refractivity contribution is -0.137. The molecule has 13 heteroatoms. The maximum atomic E-state index is 12.1. The highest BCUT2D eigenvalue weighted by Gasteiger charge is 2.39. The summed E-state index contributed by atoms with van der Waals surface area (Å²) in [7, 11) is 0. The predicted molar refractivity (Wildman–Crippen MR) is 152 cm³/mol. The Labute approximate surface area is 245 Å². The van der Waals surface area contributed by atoms with E-state index in [2.05, 4.69) is 10.6 Å². The van der Waals surface area contributed by atoms with Crippen molar-refractivity contribution in [3.05, 3.63) is 12.2 Å². The summed E-state index contributed by atoms with van der Waals surface area (Å²) in [4.78, 5) is 71.7. The van der Waals surface area contributed by atoms with Crippen molar-refractivity contribution in [3.8, 4) is 0 Å². The average Bonchev–Trinajstić information content (AvgIpc) is 3.42. The second kappa shape index (κ2) is 20.3. The van der Waals surface area contributed by atoms with Gasteiger partial charge >= 0.3 is 0 Å². The van der Waals surface area contributed by atoms with Crippen molar-refractivity contribution in [2.24, 2.45) is 5.92 Å². The quantitative estimate of drug-likeness (QED) is 0.0981. The predicted octanol–water partition coefficient (Wildman–Crippen LogP) is 0.814. The average molecular weight is 598 g/mol. The van der Waals surface area contributed by atoms with Gasteiger partial charge in [0.15, 0.2) is 5.78 Å². The lowest BCUT2D eigenvalue weighted by Gasteiger charge is -2.13. The number of ketones is 2. The lowest BCUT2D eigenvalue weighted by atomic mass is 9.98. The van der Waals surface area contributed by atoms with Crippen LogP contribution in [0.1, 0.15) is 51.4 Å². The molecule has 230 valence electrons. The smallest absolute Gasteiger partial charge is 0.253 e. The molecule has 1 heterocycles. The summed E-state index contributed by atoms with van der Waals surface area (Å²) in [6.45, 7) is 3.76. The molecule has 0 aromatic heterocycles. The maximum absolute atomic E-state index is 12.1. The number of unbranched alkanes of at least 4 members (excludes halogenated alkanes) is 1. The number of carbonyl (C=O) groups is 6. The Bertz CT molecular complexity index is 909. The second-order valence-electron chi connectivity index (χ2n) is 9.75. The third kappa shape index (κ3) is 13.7. The van der Waals surface area contributed by atoms with Crippen molar-refractivity contribution in [1.29, 1.82) is 0 Å². The Morgan fingerprint density at radius 3 is 1.88 bits per heavy atom. The fourth-order valence-corrected chi connectivity index (χ4v) is 5.06. The molecule has 2 atom stereocenters. The third-order valence-electron chi connectivity index (χ3n) is 6.65. The van der Waals surface area contributed by atoms with Crippen molar-refractivity contribution in [3.63, 3.8) is 0 Å². The molecule has 2 rings (SSSR count). The molecule has 0 aromatic carbocycles. The van der Waals surface area contributed by atoms with Gasteiger partial charge in [0.05, 0.1) is 37.6 Å². The van der Waals surface area contributed by atoms with E-state index in [-0.39, 0.29) is 41.6 Å². The molecule has 4 amide bonds. The summed E-state index contributed by atoms with van der Waals surface area (Å²) in [5, 5.41) is 5.39. The lowest BCUT2D eigenvalue weighted by Crippen LogP contribution is -2.35. The van der Waals surface area contributed by atoms with E-state index in [4.69, 9.17) is 14.2 Å². The molecule has 1 unspecified atom stereocenters. The molecule has 0 spiro atoms. The first-order valence-corrected chi connectivity index (χ1v) is 15.5. The van der Waals surface area contributed by atoms with Crippen molar-refractivity contribution >= 4 is 47.0 Å². The van der Waals surface area contributed by atoms with E-state index < -0.39 is 17.7 Å². The Kier molecular flexibility index (Phi) is 17.1. The summed E-state index contributed by atoms with van der Waals surface area (Å²) < 4.78 is 16.4. The molecule has 1 fully saturated rings. The van der Waals surface area contributed by atoms with Crippen LogP contribution in [0.5, 0.6) is 0 Å². The van der Waals surface area contributed by atoms with Gasteiger partial charge in [0.25, 0.3) is 11.8 Å². The van der Waals surface area contributed by atoms with Gasteiger partial charge in [-0.25, -0.2) is 0 Å². The summed E-state index contributed by atoms with van der Waals surface area (Å²) in [5.41, 5.74) is 0. The number of amides is 4. The standard InChI is InChI=1S/C28H43N3O9S/c1-41-23-20-22(32)21(28(23)37)6-2-3-7-24(33)29-11-4-14-38-16-18-40-19-17-39-15-5-12-30-25(34)10-13-31-26(35)8-9-27(31)36/h8-9,21,23H,2-7,10-20H2,1H3,(H,29,33)(H,30,34)/t21-,23?/m1/s1. The molecular formula is C28H43N3O9S. The SMILES string of the molecule is CSC1CC(=O)[C@@H](CCCCC(=O)NCCCOCCOCCOCCCNC(=O)CCN2C(=O)C=CC2=O)C1=O. The van der Waals surface area contributed by atoms with Crippen molar-refractivity contribution in [2.75, 3.05) is 65.5 Å². The largest absolute Gasteiger partial charge is 0.379 e. The summed E-state index contributed by atoms with van der Waals surface area (Å²) >= 11 is 1.44. The number of nitrogens with one attached hydrogen (secondary N) is 2. The summed E-state index contributed by atoms with van der Waals surface area (Å²) in [6.07, 6.45) is 8.25. The van der Waals surface area contributed by atoms with E-state index >= 15 is 0 Å². The summed E-state index contributed by atoms with van der Waals surface area (Å²) in [5.74, 6) is -1.44.